The summed E-state index contributed by atoms with van der Waals surface area (Å²) in [6.07, 6.45) is 3.31. The number of likely N-dealkylation sites (N-methyl/N-ethyl adjacent to an activating group) is 1. The van der Waals surface area contributed by atoms with Gasteiger partial charge in [-0.3, -0.25) is 0 Å². The predicted octanol–water partition coefficient (Wildman–Crippen LogP) is 3.55. The fourth-order valence-electron chi connectivity index (χ4n) is 2.43. The molecule has 1 aromatic carbocycles. The van der Waals surface area contributed by atoms with Crippen LogP contribution in [0.25, 0.3) is 0 Å². The summed E-state index contributed by atoms with van der Waals surface area (Å²) < 4.78 is 5.42. The largest absolute Gasteiger partial charge is 0.381 e. The van der Waals surface area contributed by atoms with E-state index in [1.807, 2.05) is 25.2 Å². The normalized spacial score (nSPS) is 21.2. The quantitative estimate of drug-likeness (QED) is 0.894. The third kappa shape index (κ3) is 3.86. The molecular formula is C14H19Cl2NO. The SMILES string of the molecule is CNC(Cc1ccc(Cl)c(Cl)c1)CC1CCOC1. The van der Waals surface area contributed by atoms with E-state index in [9.17, 15) is 0 Å². The van der Waals surface area contributed by atoms with Gasteiger partial charge in [0.25, 0.3) is 0 Å². The molecule has 2 rings (SSSR count). The number of hydrogen-bond acceptors (Lipinski definition) is 2. The minimum atomic E-state index is 0.467. The fourth-order valence-corrected chi connectivity index (χ4v) is 2.75. The van der Waals surface area contributed by atoms with E-state index in [4.69, 9.17) is 27.9 Å². The lowest BCUT2D eigenvalue weighted by Crippen LogP contribution is -2.30. The number of hydrogen-bond donors (Lipinski definition) is 1. The molecule has 2 unspecified atom stereocenters. The van der Waals surface area contributed by atoms with Crippen LogP contribution in [-0.2, 0) is 11.2 Å². The lowest BCUT2D eigenvalue weighted by molar-refractivity contribution is 0.181. The molecule has 0 bridgehead atoms. The zero-order valence-corrected chi connectivity index (χ0v) is 12.1. The van der Waals surface area contributed by atoms with E-state index < -0.39 is 0 Å². The molecule has 1 saturated heterocycles. The van der Waals surface area contributed by atoms with Gasteiger partial charge >= 0.3 is 0 Å². The molecule has 0 aromatic heterocycles. The molecule has 1 heterocycles. The Morgan fingerprint density at radius 2 is 2.22 bits per heavy atom. The van der Waals surface area contributed by atoms with Crippen LogP contribution in [0.4, 0.5) is 0 Å². The van der Waals surface area contributed by atoms with Crippen LogP contribution in [0.15, 0.2) is 18.2 Å². The first-order valence-electron chi connectivity index (χ1n) is 6.38. The van der Waals surface area contributed by atoms with Gasteiger partial charge in [0.2, 0.25) is 0 Å². The van der Waals surface area contributed by atoms with Gasteiger partial charge in [0.15, 0.2) is 0 Å². The summed E-state index contributed by atoms with van der Waals surface area (Å²) in [6, 6.07) is 6.34. The van der Waals surface area contributed by atoms with Gasteiger partial charge in [-0.1, -0.05) is 29.3 Å². The third-order valence-electron chi connectivity index (χ3n) is 3.52. The summed E-state index contributed by atoms with van der Waals surface area (Å²) >= 11 is 12.0. The van der Waals surface area contributed by atoms with Gasteiger partial charge in [-0.25, -0.2) is 0 Å². The molecule has 0 radical (unpaired) electrons. The number of nitrogens with one attached hydrogen (secondary N) is 1. The van der Waals surface area contributed by atoms with Crippen molar-refractivity contribution in [1.29, 1.82) is 0 Å². The van der Waals surface area contributed by atoms with Crippen molar-refractivity contribution in [2.45, 2.75) is 25.3 Å². The molecule has 1 N–H and O–H groups in total. The van der Waals surface area contributed by atoms with Crippen molar-refractivity contribution in [3.63, 3.8) is 0 Å². The first kappa shape index (κ1) is 14.1. The van der Waals surface area contributed by atoms with Gasteiger partial charge in [0, 0.05) is 19.3 Å². The molecule has 2 atom stereocenters. The zero-order valence-electron chi connectivity index (χ0n) is 10.6. The molecule has 1 aliphatic rings. The Bertz CT molecular complexity index is 391. The summed E-state index contributed by atoms with van der Waals surface area (Å²) in [6.45, 7) is 1.81. The van der Waals surface area contributed by atoms with Crippen molar-refractivity contribution >= 4 is 23.2 Å². The second kappa shape index (κ2) is 6.76. The van der Waals surface area contributed by atoms with Crippen LogP contribution in [-0.4, -0.2) is 26.3 Å². The van der Waals surface area contributed by atoms with Gasteiger partial charge in [-0.2, -0.15) is 0 Å². The molecule has 1 aromatic rings. The van der Waals surface area contributed by atoms with Crippen LogP contribution in [0.2, 0.25) is 10.0 Å². The molecule has 18 heavy (non-hydrogen) atoms. The lowest BCUT2D eigenvalue weighted by Gasteiger charge is -2.19. The Kier molecular flexibility index (Phi) is 5.31. The van der Waals surface area contributed by atoms with E-state index in [-0.39, 0.29) is 0 Å². The van der Waals surface area contributed by atoms with E-state index in [0.717, 1.165) is 26.1 Å². The minimum Gasteiger partial charge on any atom is -0.381 e. The molecule has 0 amide bonds. The van der Waals surface area contributed by atoms with Crippen LogP contribution in [0.1, 0.15) is 18.4 Å². The summed E-state index contributed by atoms with van der Waals surface area (Å²) in [7, 11) is 2.01. The molecule has 2 nitrogen and oxygen atoms in total. The van der Waals surface area contributed by atoms with Gasteiger partial charge in [-0.05, 0) is 49.9 Å². The van der Waals surface area contributed by atoms with Crippen LogP contribution >= 0.6 is 23.2 Å². The van der Waals surface area contributed by atoms with E-state index in [0.29, 0.717) is 22.0 Å². The van der Waals surface area contributed by atoms with E-state index in [1.165, 1.54) is 12.0 Å². The highest BCUT2D eigenvalue weighted by Crippen LogP contribution is 2.25. The van der Waals surface area contributed by atoms with Crippen LogP contribution < -0.4 is 5.32 Å². The second-order valence-electron chi connectivity index (χ2n) is 4.90. The second-order valence-corrected chi connectivity index (χ2v) is 5.72. The molecule has 0 spiro atoms. The molecule has 4 heteroatoms. The summed E-state index contributed by atoms with van der Waals surface area (Å²) in [5.74, 6) is 0.685. The first-order chi connectivity index (χ1) is 8.69. The maximum absolute atomic E-state index is 6.04. The van der Waals surface area contributed by atoms with Gasteiger partial charge < -0.3 is 10.1 Å². The molecule has 1 fully saturated rings. The Hall–Kier alpha value is -0.280. The van der Waals surface area contributed by atoms with Crippen LogP contribution in [0.5, 0.6) is 0 Å². The maximum Gasteiger partial charge on any atom is 0.0595 e. The average molecular weight is 288 g/mol. The summed E-state index contributed by atoms with van der Waals surface area (Å²) in [4.78, 5) is 0. The third-order valence-corrected chi connectivity index (χ3v) is 4.26. The Labute approximate surface area is 119 Å². The Morgan fingerprint density at radius 3 is 2.83 bits per heavy atom. The van der Waals surface area contributed by atoms with E-state index in [2.05, 4.69) is 5.32 Å². The van der Waals surface area contributed by atoms with E-state index >= 15 is 0 Å². The van der Waals surface area contributed by atoms with Gasteiger partial charge in [0.1, 0.15) is 0 Å². The topological polar surface area (TPSA) is 21.3 Å². The van der Waals surface area contributed by atoms with Gasteiger partial charge in [-0.15, -0.1) is 0 Å². The first-order valence-corrected chi connectivity index (χ1v) is 7.13. The highest BCUT2D eigenvalue weighted by molar-refractivity contribution is 6.42. The summed E-state index contributed by atoms with van der Waals surface area (Å²) in [5.41, 5.74) is 1.22. The summed E-state index contributed by atoms with van der Waals surface area (Å²) in [5, 5.41) is 4.63. The van der Waals surface area contributed by atoms with Crippen molar-refractivity contribution in [3.8, 4) is 0 Å². The molecule has 0 aliphatic carbocycles. The minimum absolute atomic E-state index is 0.467. The highest BCUT2D eigenvalue weighted by atomic mass is 35.5. The monoisotopic (exact) mass is 287 g/mol. The van der Waals surface area contributed by atoms with Crippen LogP contribution in [0.3, 0.4) is 0 Å². The van der Waals surface area contributed by atoms with Crippen molar-refractivity contribution in [2.75, 3.05) is 20.3 Å². The molecule has 1 aliphatic heterocycles. The number of halogens is 2. The molecule has 100 valence electrons. The van der Waals surface area contributed by atoms with E-state index in [1.54, 1.807) is 0 Å². The Morgan fingerprint density at radius 1 is 1.39 bits per heavy atom. The number of benzene rings is 1. The maximum atomic E-state index is 6.04. The molecular weight excluding hydrogens is 269 g/mol. The molecule has 0 saturated carbocycles. The fraction of sp³-hybridized carbons (Fsp3) is 0.571. The highest BCUT2D eigenvalue weighted by Gasteiger charge is 2.20. The smallest absolute Gasteiger partial charge is 0.0595 e. The van der Waals surface area contributed by atoms with Crippen LogP contribution in [0, 0.1) is 5.92 Å². The number of ether oxygens (including phenoxy) is 1. The van der Waals surface area contributed by atoms with Crippen molar-refractivity contribution in [2.24, 2.45) is 5.92 Å². The lowest BCUT2D eigenvalue weighted by atomic mass is 9.94. The standard InChI is InChI=1S/C14H19Cl2NO/c1-17-12(7-11-4-5-18-9-11)6-10-2-3-13(15)14(16)8-10/h2-3,8,11-12,17H,4-7,9H2,1H3. The average Bonchev–Trinajstić information content (AvgIpc) is 2.86. The Balaban J connectivity index is 1.94. The van der Waals surface area contributed by atoms with Gasteiger partial charge in [0.05, 0.1) is 10.0 Å². The predicted molar refractivity (Wildman–Crippen MR) is 76.6 cm³/mol. The number of rotatable bonds is 5. The zero-order chi connectivity index (χ0) is 13.0. The van der Waals surface area contributed by atoms with Crippen molar-refractivity contribution in [1.82, 2.24) is 5.32 Å². The van der Waals surface area contributed by atoms with Crippen molar-refractivity contribution in [3.05, 3.63) is 33.8 Å². The van der Waals surface area contributed by atoms with Crippen molar-refractivity contribution < 1.29 is 4.74 Å².